The van der Waals surface area contributed by atoms with E-state index in [1.165, 1.54) is 44.9 Å². The summed E-state index contributed by atoms with van der Waals surface area (Å²) < 4.78 is 0. The molecule has 21 heavy (non-hydrogen) atoms. The number of carbonyl (C=O) groups is 1. The van der Waals surface area contributed by atoms with Crippen LogP contribution in [0.2, 0.25) is 0 Å². The van der Waals surface area contributed by atoms with Crippen LogP contribution >= 0.6 is 0 Å². The van der Waals surface area contributed by atoms with E-state index in [9.17, 15) is 9.90 Å². The van der Waals surface area contributed by atoms with Gasteiger partial charge in [-0.25, -0.2) is 0 Å². The molecule has 4 aliphatic carbocycles. The number of ketones is 1. The molecule has 0 radical (unpaired) electrons. The van der Waals surface area contributed by atoms with Crippen molar-refractivity contribution in [1.82, 2.24) is 0 Å². The average Bonchev–Trinajstić information content (AvgIpc) is 2.82. The van der Waals surface area contributed by atoms with Gasteiger partial charge in [0.05, 0.1) is 0 Å². The van der Waals surface area contributed by atoms with Gasteiger partial charge in [-0.05, 0) is 79.4 Å². The van der Waals surface area contributed by atoms with Crippen molar-refractivity contribution in [3.05, 3.63) is 0 Å². The van der Waals surface area contributed by atoms with Crippen LogP contribution in [0.4, 0.5) is 0 Å². The average molecular weight is 290 g/mol. The summed E-state index contributed by atoms with van der Waals surface area (Å²) in [7, 11) is 0. The molecular weight excluding hydrogens is 260 g/mol. The highest BCUT2D eigenvalue weighted by atomic mass is 16.3. The molecule has 4 rings (SSSR count). The highest BCUT2D eigenvalue weighted by molar-refractivity contribution is 5.84. The first-order chi connectivity index (χ1) is 9.94. The first kappa shape index (κ1) is 14.2. The predicted octanol–water partition coefficient (Wildman–Crippen LogP) is 3.96. The Morgan fingerprint density at radius 3 is 2.67 bits per heavy atom. The van der Waals surface area contributed by atoms with Gasteiger partial charge in [0.15, 0.2) is 5.78 Å². The van der Waals surface area contributed by atoms with E-state index in [1.54, 1.807) is 0 Å². The van der Waals surface area contributed by atoms with Crippen LogP contribution in [0.15, 0.2) is 0 Å². The van der Waals surface area contributed by atoms with Gasteiger partial charge < -0.3 is 5.11 Å². The summed E-state index contributed by atoms with van der Waals surface area (Å²) in [5.41, 5.74) is 0.827. The lowest BCUT2D eigenvalue weighted by Crippen LogP contribution is -2.55. The second-order valence-electron chi connectivity index (χ2n) is 9.13. The quantitative estimate of drug-likeness (QED) is 0.733. The number of hydrogen-bond acceptors (Lipinski definition) is 2. The third kappa shape index (κ3) is 1.90. The molecule has 4 fully saturated rings. The molecule has 1 N–H and O–H groups in total. The molecule has 0 heterocycles. The molecule has 4 saturated carbocycles. The Morgan fingerprint density at radius 1 is 1.05 bits per heavy atom. The maximum atomic E-state index is 11.9. The van der Waals surface area contributed by atoms with Crippen molar-refractivity contribution in [1.29, 1.82) is 0 Å². The van der Waals surface area contributed by atoms with Crippen molar-refractivity contribution in [2.75, 3.05) is 0 Å². The van der Waals surface area contributed by atoms with E-state index < -0.39 is 6.10 Å². The smallest absolute Gasteiger partial charge is 0.161 e. The maximum Gasteiger partial charge on any atom is 0.161 e. The summed E-state index contributed by atoms with van der Waals surface area (Å²) in [5.74, 6) is 3.20. The lowest BCUT2D eigenvalue weighted by molar-refractivity contribution is -0.153. The summed E-state index contributed by atoms with van der Waals surface area (Å²) in [6.45, 7) is 4.94. The Morgan fingerprint density at radius 2 is 1.86 bits per heavy atom. The van der Waals surface area contributed by atoms with E-state index in [0.717, 1.165) is 24.2 Å². The highest BCUT2D eigenvalue weighted by Crippen LogP contribution is 2.65. The van der Waals surface area contributed by atoms with Gasteiger partial charge in [0, 0.05) is 6.42 Å². The second kappa shape index (κ2) is 4.57. The number of Topliss-reactive ketones (excluding diaryl/α,β-unsaturated/α-hetero) is 1. The van der Waals surface area contributed by atoms with E-state index in [-0.39, 0.29) is 11.2 Å². The first-order valence-corrected chi connectivity index (χ1v) is 9.15. The zero-order valence-electron chi connectivity index (χ0n) is 13.6. The van der Waals surface area contributed by atoms with E-state index in [2.05, 4.69) is 13.8 Å². The summed E-state index contributed by atoms with van der Waals surface area (Å²) in [6, 6.07) is 0. The van der Waals surface area contributed by atoms with E-state index in [1.807, 2.05) is 0 Å². The van der Waals surface area contributed by atoms with Crippen molar-refractivity contribution in [3.63, 3.8) is 0 Å². The third-order valence-electron chi connectivity index (χ3n) is 8.30. The van der Waals surface area contributed by atoms with E-state index in [0.29, 0.717) is 17.8 Å². The minimum Gasteiger partial charge on any atom is -0.385 e. The molecule has 118 valence electrons. The maximum absolute atomic E-state index is 11.9. The van der Waals surface area contributed by atoms with Crippen LogP contribution in [0.1, 0.15) is 71.6 Å². The Labute approximate surface area is 128 Å². The molecule has 7 atom stereocenters. The molecule has 0 saturated heterocycles. The van der Waals surface area contributed by atoms with Gasteiger partial charge in [-0.2, -0.15) is 0 Å². The van der Waals surface area contributed by atoms with Gasteiger partial charge in [0.25, 0.3) is 0 Å². The molecule has 0 aromatic rings. The van der Waals surface area contributed by atoms with Crippen molar-refractivity contribution >= 4 is 5.78 Å². The second-order valence-corrected chi connectivity index (χ2v) is 9.13. The molecule has 0 aromatic carbocycles. The third-order valence-corrected chi connectivity index (χ3v) is 8.30. The lowest BCUT2D eigenvalue weighted by Gasteiger charge is -2.60. The minimum atomic E-state index is -0.679. The number of aliphatic hydroxyl groups is 1. The van der Waals surface area contributed by atoms with Gasteiger partial charge in [-0.3, -0.25) is 4.79 Å². The van der Waals surface area contributed by atoms with Gasteiger partial charge in [-0.1, -0.05) is 20.3 Å². The summed E-state index contributed by atoms with van der Waals surface area (Å²) in [6.07, 6.45) is 10.3. The van der Waals surface area contributed by atoms with Gasteiger partial charge >= 0.3 is 0 Å². The molecule has 0 bridgehead atoms. The molecule has 1 unspecified atom stereocenters. The Hall–Kier alpha value is -0.370. The first-order valence-electron chi connectivity index (χ1n) is 9.15. The molecule has 0 aliphatic heterocycles. The van der Waals surface area contributed by atoms with E-state index in [4.69, 9.17) is 0 Å². The van der Waals surface area contributed by atoms with E-state index >= 15 is 0 Å². The van der Waals surface area contributed by atoms with Crippen LogP contribution in [0.3, 0.4) is 0 Å². The normalized spacial score (nSPS) is 56.5. The van der Waals surface area contributed by atoms with Crippen LogP contribution in [0, 0.1) is 34.5 Å². The van der Waals surface area contributed by atoms with Gasteiger partial charge in [0.2, 0.25) is 0 Å². The fraction of sp³-hybridized carbons (Fsp3) is 0.947. The van der Waals surface area contributed by atoms with Crippen LogP contribution in [-0.2, 0) is 4.79 Å². The Kier molecular flexibility index (Phi) is 3.10. The van der Waals surface area contributed by atoms with Gasteiger partial charge in [-0.15, -0.1) is 0 Å². The molecule has 2 heteroatoms. The largest absolute Gasteiger partial charge is 0.385 e. The monoisotopic (exact) mass is 290 g/mol. The lowest BCUT2D eigenvalue weighted by atomic mass is 9.45. The van der Waals surface area contributed by atoms with Crippen LogP contribution < -0.4 is 0 Å². The van der Waals surface area contributed by atoms with Crippen molar-refractivity contribution in [3.8, 4) is 0 Å². The number of fused-ring (bicyclic) bond motifs is 5. The molecule has 2 nitrogen and oxygen atoms in total. The molecule has 0 amide bonds. The van der Waals surface area contributed by atoms with Crippen molar-refractivity contribution in [2.45, 2.75) is 77.7 Å². The van der Waals surface area contributed by atoms with Gasteiger partial charge in [0.1, 0.15) is 6.10 Å². The van der Waals surface area contributed by atoms with Crippen LogP contribution in [0.25, 0.3) is 0 Å². The zero-order chi connectivity index (χ0) is 14.8. The molecular formula is C19H30O2. The molecule has 4 aliphatic rings. The van der Waals surface area contributed by atoms with Crippen molar-refractivity contribution < 1.29 is 9.90 Å². The summed E-state index contributed by atoms with van der Waals surface area (Å²) >= 11 is 0. The van der Waals surface area contributed by atoms with Crippen LogP contribution in [-0.4, -0.2) is 17.0 Å². The SMILES string of the molecule is C[C@@]12CCC[C@H]1[C@@H]1CC[C@@H]3CC(=O)C(O)C[C@]3(C)[C@H]1CC2. The number of rotatable bonds is 0. The zero-order valence-corrected chi connectivity index (χ0v) is 13.6. The minimum absolute atomic E-state index is 0.109. The number of carbonyl (C=O) groups excluding carboxylic acids is 1. The highest BCUT2D eigenvalue weighted by Gasteiger charge is 2.58. The standard InChI is InChI=1S/C19H30O2/c1-18-8-3-4-14(18)13-6-5-12-10-16(20)17(21)11-19(12,2)15(13)7-9-18/h12-15,17,21H,3-11H2,1-2H3/t12-,13+,14+,15+,17?,18+,19+/m1/s1. The molecule has 0 aromatic heterocycles. The van der Waals surface area contributed by atoms with Crippen molar-refractivity contribution in [2.24, 2.45) is 34.5 Å². The summed E-state index contributed by atoms with van der Waals surface area (Å²) in [4.78, 5) is 11.9. The Balaban J connectivity index is 1.65. The predicted molar refractivity (Wildman–Crippen MR) is 82.7 cm³/mol. The Bertz CT molecular complexity index is 458. The number of aliphatic hydroxyl groups excluding tert-OH is 1. The number of hydrogen-bond donors (Lipinski definition) is 1. The summed E-state index contributed by atoms with van der Waals surface area (Å²) in [5, 5.41) is 10.2. The van der Waals surface area contributed by atoms with Crippen LogP contribution in [0.5, 0.6) is 0 Å². The topological polar surface area (TPSA) is 37.3 Å². The fourth-order valence-electron chi connectivity index (χ4n) is 7.09. The molecule has 0 spiro atoms. The fourth-order valence-corrected chi connectivity index (χ4v) is 7.09.